The van der Waals surface area contributed by atoms with Gasteiger partial charge < -0.3 is 9.64 Å². The van der Waals surface area contributed by atoms with Gasteiger partial charge in [-0.1, -0.05) is 6.92 Å². The summed E-state index contributed by atoms with van der Waals surface area (Å²) >= 11 is 0. The molecule has 60 valence electrons. The van der Waals surface area contributed by atoms with Crippen molar-refractivity contribution in [1.82, 2.24) is 4.90 Å². The van der Waals surface area contributed by atoms with Gasteiger partial charge in [0.15, 0.2) is 0 Å². The lowest BCUT2D eigenvalue weighted by Gasteiger charge is -2.33. The predicted molar refractivity (Wildman–Crippen MR) is 42.1 cm³/mol. The van der Waals surface area contributed by atoms with E-state index < -0.39 is 0 Å². The molecule has 1 fully saturated rings. The normalized spacial score (nSPS) is 36.3. The Morgan fingerprint density at radius 1 is 1.50 bits per heavy atom. The van der Waals surface area contributed by atoms with Crippen molar-refractivity contribution in [2.24, 2.45) is 0 Å². The summed E-state index contributed by atoms with van der Waals surface area (Å²) in [6.45, 7) is 6.49. The Labute approximate surface area is 63.2 Å². The van der Waals surface area contributed by atoms with Crippen molar-refractivity contribution in [3.63, 3.8) is 0 Å². The van der Waals surface area contributed by atoms with E-state index in [4.69, 9.17) is 4.74 Å². The summed E-state index contributed by atoms with van der Waals surface area (Å²) in [6, 6.07) is 0. The van der Waals surface area contributed by atoms with Gasteiger partial charge >= 0.3 is 0 Å². The molecule has 0 aromatic heterocycles. The summed E-state index contributed by atoms with van der Waals surface area (Å²) in [5.41, 5.74) is 0. The molecule has 2 atom stereocenters. The molecule has 1 aliphatic rings. The molecule has 2 nitrogen and oxygen atoms in total. The third-order valence-electron chi connectivity index (χ3n) is 1.96. The first kappa shape index (κ1) is 8.02. The highest BCUT2D eigenvalue weighted by Gasteiger charge is 2.20. The van der Waals surface area contributed by atoms with Crippen LogP contribution in [0, 0.1) is 0 Å². The third kappa shape index (κ3) is 1.96. The average Bonchev–Trinajstić information content (AvgIpc) is 1.85. The van der Waals surface area contributed by atoms with Crippen LogP contribution in [0.4, 0.5) is 0 Å². The Morgan fingerprint density at radius 2 is 2.20 bits per heavy atom. The largest absolute Gasteiger partial charge is 0.373 e. The van der Waals surface area contributed by atoms with Crippen LogP contribution >= 0.6 is 0 Å². The maximum Gasteiger partial charge on any atom is 0.0703 e. The Balaban J connectivity index is 2.35. The van der Waals surface area contributed by atoms with Crippen molar-refractivity contribution < 1.29 is 4.74 Å². The zero-order valence-corrected chi connectivity index (χ0v) is 7.13. The van der Waals surface area contributed by atoms with E-state index in [0.29, 0.717) is 12.2 Å². The van der Waals surface area contributed by atoms with Gasteiger partial charge in [0.25, 0.3) is 0 Å². The van der Waals surface area contributed by atoms with Gasteiger partial charge in [0.2, 0.25) is 0 Å². The van der Waals surface area contributed by atoms with Crippen molar-refractivity contribution in [3.8, 4) is 0 Å². The lowest BCUT2D eigenvalue weighted by molar-refractivity contribution is -0.0703. The standard InChI is InChI=1S/C8H17NO/c1-4-8-6-9(3)5-7(2)10-8/h7-8H,4-6H2,1-3H3/t7-,8-/m1/s1. The molecule has 0 unspecified atom stereocenters. The second kappa shape index (κ2) is 3.35. The summed E-state index contributed by atoms with van der Waals surface area (Å²) in [7, 11) is 2.15. The van der Waals surface area contributed by atoms with Crippen LogP contribution in [0.2, 0.25) is 0 Å². The van der Waals surface area contributed by atoms with E-state index in [0.717, 1.165) is 19.5 Å². The summed E-state index contributed by atoms with van der Waals surface area (Å²) in [5, 5.41) is 0. The Morgan fingerprint density at radius 3 is 2.70 bits per heavy atom. The van der Waals surface area contributed by atoms with E-state index in [1.807, 2.05) is 0 Å². The maximum absolute atomic E-state index is 5.66. The molecule has 2 heteroatoms. The fourth-order valence-corrected chi connectivity index (χ4v) is 1.50. The number of rotatable bonds is 1. The van der Waals surface area contributed by atoms with Gasteiger partial charge in [-0.05, 0) is 20.4 Å². The molecule has 0 aliphatic carbocycles. The second-order valence-electron chi connectivity index (χ2n) is 3.20. The molecule has 1 heterocycles. The van der Waals surface area contributed by atoms with E-state index in [-0.39, 0.29) is 0 Å². The number of nitrogens with zero attached hydrogens (tertiary/aromatic N) is 1. The minimum atomic E-state index is 0.420. The second-order valence-corrected chi connectivity index (χ2v) is 3.20. The lowest BCUT2D eigenvalue weighted by Crippen LogP contribution is -2.44. The van der Waals surface area contributed by atoms with Crippen molar-refractivity contribution in [2.75, 3.05) is 20.1 Å². The van der Waals surface area contributed by atoms with Crippen molar-refractivity contribution in [3.05, 3.63) is 0 Å². The SMILES string of the molecule is CC[C@@H]1CN(C)C[C@@H](C)O1. The lowest BCUT2D eigenvalue weighted by atomic mass is 10.2. The highest BCUT2D eigenvalue weighted by Crippen LogP contribution is 2.10. The first-order valence-electron chi connectivity index (χ1n) is 4.06. The molecular formula is C8H17NO. The van der Waals surface area contributed by atoms with E-state index in [9.17, 15) is 0 Å². The van der Waals surface area contributed by atoms with Crippen molar-refractivity contribution >= 4 is 0 Å². The fraction of sp³-hybridized carbons (Fsp3) is 1.00. The van der Waals surface area contributed by atoms with Crippen LogP contribution in [0.15, 0.2) is 0 Å². The summed E-state index contributed by atoms with van der Waals surface area (Å²) < 4.78 is 5.66. The Hall–Kier alpha value is -0.0800. The molecule has 0 spiro atoms. The van der Waals surface area contributed by atoms with Crippen LogP contribution < -0.4 is 0 Å². The molecular weight excluding hydrogens is 126 g/mol. The number of hydrogen-bond acceptors (Lipinski definition) is 2. The van der Waals surface area contributed by atoms with Crippen LogP contribution in [-0.2, 0) is 4.74 Å². The van der Waals surface area contributed by atoms with Gasteiger partial charge in [-0.3, -0.25) is 0 Å². The first-order valence-corrected chi connectivity index (χ1v) is 4.06. The van der Waals surface area contributed by atoms with Crippen LogP contribution in [0.3, 0.4) is 0 Å². The van der Waals surface area contributed by atoms with E-state index in [1.54, 1.807) is 0 Å². The zero-order valence-electron chi connectivity index (χ0n) is 7.13. The molecule has 0 aromatic rings. The number of morpholine rings is 1. The minimum absolute atomic E-state index is 0.420. The predicted octanol–water partition coefficient (Wildman–Crippen LogP) is 1.12. The van der Waals surface area contributed by atoms with Crippen molar-refractivity contribution in [1.29, 1.82) is 0 Å². The maximum atomic E-state index is 5.66. The topological polar surface area (TPSA) is 12.5 Å². The van der Waals surface area contributed by atoms with Gasteiger partial charge in [-0.2, -0.15) is 0 Å². The zero-order chi connectivity index (χ0) is 7.56. The van der Waals surface area contributed by atoms with Gasteiger partial charge in [-0.25, -0.2) is 0 Å². The number of likely N-dealkylation sites (N-methyl/N-ethyl adjacent to an activating group) is 1. The molecule has 0 amide bonds. The van der Waals surface area contributed by atoms with E-state index in [1.165, 1.54) is 0 Å². The fourth-order valence-electron chi connectivity index (χ4n) is 1.50. The molecule has 1 rings (SSSR count). The van der Waals surface area contributed by atoms with Crippen LogP contribution in [0.25, 0.3) is 0 Å². The van der Waals surface area contributed by atoms with Gasteiger partial charge in [0.05, 0.1) is 12.2 Å². The molecule has 1 saturated heterocycles. The Kier molecular flexibility index (Phi) is 2.69. The molecule has 10 heavy (non-hydrogen) atoms. The highest BCUT2D eigenvalue weighted by atomic mass is 16.5. The molecule has 0 saturated carbocycles. The number of hydrogen-bond donors (Lipinski definition) is 0. The molecule has 0 N–H and O–H groups in total. The molecule has 0 bridgehead atoms. The molecule has 0 radical (unpaired) electrons. The Bertz CT molecular complexity index is 95.4. The smallest absolute Gasteiger partial charge is 0.0703 e. The van der Waals surface area contributed by atoms with Crippen LogP contribution in [0.1, 0.15) is 20.3 Å². The summed E-state index contributed by atoms with van der Waals surface area (Å²) in [4.78, 5) is 2.34. The van der Waals surface area contributed by atoms with E-state index in [2.05, 4.69) is 25.8 Å². The van der Waals surface area contributed by atoms with Crippen LogP contribution in [0.5, 0.6) is 0 Å². The van der Waals surface area contributed by atoms with Gasteiger partial charge in [-0.15, -0.1) is 0 Å². The quantitative estimate of drug-likeness (QED) is 0.545. The molecule has 1 aliphatic heterocycles. The van der Waals surface area contributed by atoms with E-state index >= 15 is 0 Å². The first-order chi connectivity index (χ1) is 4.72. The van der Waals surface area contributed by atoms with Gasteiger partial charge in [0.1, 0.15) is 0 Å². The number of ether oxygens (including phenoxy) is 1. The van der Waals surface area contributed by atoms with Gasteiger partial charge in [0, 0.05) is 13.1 Å². The monoisotopic (exact) mass is 143 g/mol. The highest BCUT2D eigenvalue weighted by molar-refractivity contribution is 4.71. The summed E-state index contributed by atoms with van der Waals surface area (Å²) in [5.74, 6) is 0. The minimum Gasteiger partial charge on any atom is -0.373 e. The summed E-state index contributed by atoms with van der Waals surface area (Å²) in [6.07, 6.45) is 2.02. The molecule has 0 aromatic carbocycles. The average molecular weight is 143 g/mol. The third-order valence-corrected chi connectivity index (χ3v) is 1.96. The van der Waals surface area contributed by atoms with Crippen molar-refractivity contribution in [2.45, 2.75) is 32.5 Å². The van der Waals surface area contributed by atoms with Crippen LogP contribution in [-0.4, -0.2) is 37.2 Å².